The number of carboxylic acid groups (broad SMARTS) is 1. The molecule has 0 spiro atoms. The van der Waals surface area contributed by atoms with Crippen molar-refractivity contribution in [3.63, 3.8) is 0 Å². The average molecular weight is 480 g/mol. The summed E-state index contributed by atoms with van der Waals surface area (Å²) in [5.74, 6) is -0.146. The Morgan fingerprint density at radius 2 is 1.50 bits per heavy atom. The number of nitrogens with zero attached hydrogens (tertiary/aromatic N) is 1. The van der Waals surface area contributed by atoms with Crippen molar-refractivity contribution in [2.24, 2.45) is 0 Å². The number of alkyl halides is 3. The molecule has 0 aromatic heterocycles. The first-order valence-electron chi connectivity index (χ1n) is 12.2. The summed E-state index contributed by atoms with van der Waals surface area (Å²) in [6.07, 6.45) is 4.40. The molecule has 0 saturated carbocycles. The molecule has 0 atom stereocenters. The molecule has 0 heterocycles. The Bertz CT molecular complexity index is 836. The van der Waals surface area contributed by atoms with Crippen molar-refractivity contribution >= 4 is 11.7 Å². The maximum Gasteiger partial charge on any atom is 0.416 e. The summed E-state index contributed by atoms with van der Waals surface area (Å²) in [5.41, 5.74) is 1.04. The van der Waals surface area contributed by atoms with Crippen LogP contribution in [0.4, 0.5) is 18.9 Å². The maximum atomic E-state index is 12.9. The Labute approximate surface area is 200 Å². The number of carboxylic acids is 1. The number of aryl methyl sites for hydroxylation is 1. The molecule has 7 heteroatoms. The molecule has 0 aliphatic carbocycles. The highest BCUT2D eigenvalue weighted by Gasteiger charge is 2.30. The second-order valence-electron chi connectivity index (χ2n) is 8.54. The van der Waals surface area contributed by atoms with E-state index in [1.165, 1.54) is 44.2 Å². The van der Waals surface area contributed by atoms with E-state index in [0.29, 0.717) is 25.3 Å². The van der Waals surface area contributed by atoms with Crippen LogP contribution in [-0.2, 0) is 17.4 Å². The van der Waals surface area contributed by atoms with Gasteiger partial charge in [0.2, 0.25) is 0 Å². The molecule has 0 aliphatic heterocycles. The van der Waals surface area contributed by atoms with E-state index in [-0.39, 0.29) is 6.42 Å². The molecule has 188 valence electrons. The minimum Gasteiger partial charge on any atom is -0.492 e. The number of aliphatic carboxylic acids is 1. The lowest BCUT2D eigenvalue weighted by Gasteiger charge is -2.25. The number of carbonyl (C=O) groups is 1. The monoisotopic (exact) mass is 479 g/mol. The lowest BCUT2D eigenvalue weighted by molar-refractivity contribution is -0.138. The Kier molecular flexibility index (Phi) is 11.8. The number of hydrogen-bond donors (Lipinski definition) is 1. The topological polar surface area (TPSA) is 49.8 Å². The van der Waals surface area contributed by atoms with E-state index in [1.54, 1.807) is 0 Å². The third-order valence-electron chi connectivity index (χ3n) is 5.77. The van der Waals surface area contributed by atoms with Crippen LogP contribution in [0.2, 0.25) is 0 Å². The number of benzene rings is 2. The van der Waals surface area contributed by atoms with Crippen LogP contribution in [0.15, 0.2) is 48.5 Å². The average Bonchev–Trinajstić information content (AvgIpc) is 2.81. The molecule has 2 aromatic rings. The third-order valence-corrected chi connectivity index (χ3v) is 5.77. The fourth-order valence-electron chi connectivity index (χ4n) is 3.77. The zero-order chi connectivity index (χ0) is 24.8. The summed E-state index contributed by atoms with van der Waals surface area (Å²) in [7, 11) is 0. The van der Waals surface area contributed by atoms with Crippen LogP contribution in [0.3, 0.4) is 0 Å². The van der Waals surface area contributed by atoms with Gasteiger partial charge in [0.05, 0.1) is 12.1 Å². The van der Waals surface area contributed by atoms with Gasteiger partial charge in [0.25, 0.3) is 0 Å². The Morgan fingerprint density at radius 1 is 0.882 bits per heavy atom. The molecule has 2 rings (SSSR count). The van der Waals surface area contributed by atoms with Gasteiger partial charge in [0.1, 0.15) is 12.4 Å². The molecule has 0 bridgehead atoms. The normalized spacial score (nSPS) is 11.4. The van der Waals surface area contributed by atoms with Gasteiger partial charge in [-0.1, -0.05) is 57.6 Å². The molecule has 0 saturated heterocycles. The van der Waals surface area contributed by atoms with Crippen LogP contribution >= 0.6 is 0 Å². The van der Waals surface area contributed by atoms with Crippen molar-refractivity contribution in [3.05, 3.63) is 59.7 Å². The first-order valence-corrected chi connectivity index (χ1v) is 12.2. The molecule has 0 unspecified atom stereocenters. The number of ether oxygens (including phenoxy) is 1. The first kappa shape index (κ1) is 27.5. The summed E-state index contributed by atoms with van der Waals surface area (Å²) in [6, 6.07) is 12.6. The fraction of sp³-hybridized carbons (Fsp3) is 0.519. The maximum absolute atomic E-state index is 12.9. The van der Waals surface area contributed by atoms with Crippen molar-refractivity contribution in [3.8, 4) is 5.75 Å². The molecule has 0 amide bonds. The molecule has 0 fully saturated rings. The van der Waals surface area contributed by atoms with E-state index in [9.17, 15) is 18.0 Å². The predicted molar refractivity (Wildman–Crippen MR) is 130 cm³/mol. The Balaban J connectivity index is 1.90. The molecule has 2 aromatic carbocycles. The van der Waals surface area contributed by atoms with Gasteiger partial charge in [-0.25, -0.2) is 0 Å². The summed E-state index contributed by atoms with van der Waals surface area (Å²) < 4.78 is 44.7. The lowest BCUT2D eigenvalue weighted by atomic mass is 10.1. The second-order valence-corrected chi connectivity index (χ2v) is 8.54. The van der Waals surface area contributed by atoms with Gasteiger partial charge < -0.3 is 14.7 Å². The zero-order valence-electron chi connectivity index (χ0n) is 19.9. The molecule has 0 aliphatic rings. The molecule has 1 N–H and O–H groups in total. The van der Waals surface area contributed by atoms with Crippen molar-refractivity contribution in [2.75, 3.05) is 24.6 Å². The molecule has 0 radical (unpaired) electrons. The van der Waals surface area contributed by atoms with Crippen LogP contribution in [0.5, 0.6) is 5.75 Å². The minimum absolute atomic E-state index is 0.0842. The molecule has 34 heavy (non-hydrogen) atoms. The molecular formula is C27H36F3NO3. The van der Waals surface area contributed by atoms with Gasteiger partial charge in [0, 0.05) is 18.7 Å². The Hall–Kier alpha value is -2.70. The van der Waals surface area contributed by atoms with Crippen molar-refractivity contribution in [1.29, 1.82) is 0 Å². The lowest BCUT2D eigenvalue weighted by Crippen LogP contribution is -2.29. The highest BCUT2D eigenvalue weighted by atomic mass is 19.4. The summed E-state index contributed by atoms with van der Waals surface area (Å²) in [5, 5.41) is 8.79. The highest BCUT2D eigenvalue weighted by Crippen LogP contribution is 2.30. The van der Waals surface area contributed by atoms with Gasteiger partial charge in [-0.05, 0) is 54.8 Å². The zero-order valence-corrected chi connectivity index (χ0v) is 19.9. The smallest absolute Gasteiger partial charge is 0.416 e. The van der Waals surface area contributed by atoms with Gasteiger partial charge in [-0.2, -0.15) is 13.2 Å². The highest BCUT2D eigenvalue weighted by molar-refractivity contribution is 5.67. The number of unbranched alkanes of at least 4 members (excludes halogenated alkanes) is 6. The van der Waals surface area contributed by atoms with Crippen molar-refractivity contribution in [1.82, 2.24) is 0 Å². The van der Waals surface area contributed by atoms with E-state index in [2.05, 4.69) is 11.8 Å². The number of hydrogen-bond acceptors (Lipinski definition) is 3. The first-order chi connectivity index (χ1) is 16.3. The quantitative estimate of drug-likeness (QED) is 0.256. The van der Waals surface area contributed by atoms with E-state index in [1.807, 2.05) is 24.3 Å². The van der Waals surface area contributed by atoms with Gasteiger partial charge >= 0.3 is 12.1 Å². The largest absolute Gasteiger partial charge is 0.492 e. The summed E-state index contributed by atoms with van der Waals surface area (Å²) in [6.45, 7) is 3.91. The summed E-state index contributed by atoms with van der Waals surface area (Å²) >= 11 is 0. The van der Waals surface area contributed by atoms with Crippen LogP contribution < -0.4 is 9.64 Å². The number of halogens is 3. The van der Waals surface area contributed by atoms with Gasteiger partial charge in [0.15, 0.2) is 0 Å². The minimum atomic E-state index is -4.35. The molecule has 4 nitrogen and oxygen atoms in total. The fourth-order valence-corrected chi connectivity index (χ4v) is 3.77. The van der Waals surface area contributed by atoms with E-state index >= 15 is 0 Å². The second kappa shape index (κ2) is 14.5. The van der Waals surface area contributed by atoms with E-state index in [4.69, 9.17) is 9.84 Å². The SMILES string of the molecule is CCCCCCCCCN(CCOc1ccc(CCC(=O)O)cc1)c1ccc(C(F)(F)F)cc1. The van der Waals surface area contributed by atoms with Crippen molar-refractivity contribution < 1.29 is 27.8 Å². The predicted octanol–water partition coefficient (Wildman–Crippen LogP) is 7.36. The van der Waals surface area contributed by atoms with Crippen LogP contribution in [-0.4, -0.2) is 30.8 Å². The third kappa shape index (κ3) is 10.5. The van der Waals surface area contributed by atoms with E-state index < -0.39 is 17.7 Å². The van der Waals surface area contributed by atoms with Crippen LogP contribution in [0, 0.1) is 0 Å². The number of rotatable bonds is 16. The number of anilines is 1. The van der Waals surface area contributed by atoms with E-state index in [0.717, 1.165) is 42.8 Å². The van der Waals surface area contributed by atoms with Gasteiger partial charge in [-0.3, -0.25) is 4.79 Å². The van der Waals surface area contributed by atoms with Crippen molar-refractivity contribution in [2.45, 2.75) is 70.9 Å². The van der Waals surface area contributed by atoms with Gasteiger partial charge in [-0.15, -0.1) is 0 Å². The van der Waals surface area contributed by atoms with Crippen LogP contribution in [0.25, 0.3) is 0 Å². The summed E-state index contributed by atoms with van der Waals surface area (Å²) in [4.78, 5) is 12.8. The standard InChI is InChI=1S/C27H36F3NO3/c1-2-3-4-5-6-7-8-19-31(24-14-12-23(13-15-24)27(28,29)30)20-21-34-25-16-9-22(10-17-25)11-18-26(32)33/h9-10,12-17H,2-8,11,18-21H2,1H3,(H,32,33). The Morgan fingerprint density at radius 3 is 2.09 bits per heavy atom. The molecular weight excluding hydrogens is 443 g/mol. The van der Waals surface area contributed by atoms with Crippen LogP contribution in [0.1, 0.15) is 69.4 Å².